The lowest BCUT2D eigenvalue weighted by Crippen LogP contribution is -2.17. The molecule has 0 aliphatic rings. The summed E-state index contributed by atoms with van der Waals surface area (Å²) in [5.74, 6) is 0. The van der Waals surface area contributed by atoms with Gasteiger partial charge in [-0.05, 0) is 31.0 Å². The van der Waals surface area contributed by atoms with E-state index < -0.39 is 0 Å². The summed E-state index contributed by atoms with van der Waals surface area (Å²) in [5.41, 5.74) is 8.59. The number of rotatable bonds is 2. The molecule has 1 atom stereocenters. The second-order valence-electron chi connectivity index (χ2n) is 3.45. The number of benzene rings is 1. The van der Waals surface area contributed by atoms with Gasteiger partial charge in [0.1, 0.15) is 5.52 Å². The molecule has 0 amide bonds. The van der Waals surface area contributed by atoms with Crippen molar-refractivity contribution in [3.63, 3.8) is 0 Å². The van der Waals surface area contributed by atoms with Gasteiger partial charge in [-0.3, -0.25) is 0 Å². The first-order valence-corrected chi connectivity index (χ1v) is 5.23. The van der Waals surface area contributed by atoms with Gasteiger partial charge in [-0.25, -0.2) is 4.98 Å². The van der Waals surface area contributed by atoms with Crippen molar-refractivity contribution in [2.45, 2.75) is 19.4 Å². The van der Waals surface area contributed by atoms with Gasteiger partial charge in [-0.15, -0.1) is 0 Å². The number of nitrogens with zero attached hydrogens (tertiary/aromatic N) is 1. The van der Waals surface area contributed by atoms with Crippen LogP contribution in [0.1, 0.15) is 12.5 Å². The Morgan fingerprint density at radius 1 is 1.57 bits per heavy atom. The standard InChI is InChI=1S/C10H11BrN2O/c1-6(12)2-7-3-9-10(4-8(7)11)14-5-13-9/h3-6H,2,12H2,1H3. The molecule has 2 aromatic rings. The minimum atomic E-state index is 0.149. The Balaban J connectivity index is 2.48. The predicted octanol–water partition coefficient (Wildman–Crippen LogP) is 2.48. The van der Waals surface area contributed by atoms with E-state index in [1.807, 2.05) is 19.1 Å². The third-order valence-corrected chi connectivity index (χ3v) is 2.78. The number of fused-ring (bicyclic) bond motifs is 1. The van der Waals surface area contributed by atoms with Crippen molar-refractivity contribution in [1.29, 1.82) is 0 Å². The molecule has 2 N–H and O–H groups in total. The number of hydrogen-bond acceptors (Lipinski definition) is 3. The smallest absolute Gasteiger partial charge is 0.181 e. The van der Waals surface area contributed by atoms with Gasteiger partial charge < -0.3 is 10.2 Å². The van der Waals surface area contributed by atoms with Gasteiger partial charge in [0.25, 0.3) is 0 Å². The fourth-order valence-electron chi connectivity index (χ4n) is 1.43. The maximum absolute atomic E-state index is 5.75. The number of halogens is 1. The SMILES string of the molecule is CC(N)Cc1cc2ncoc2cc1Br. The van der Waals surface area contributed by atoms with E-state index in [0.717, 1.165) is 22.0 Å². The van der Waals surface area contributed by atoms with E-state index in [9.17, 15) is 0 Å². The van der Waals surface area contributed by atoms with E-state index in [-0.39, 0.29) is 6.04 Å². The zero-order chi connectivity index (χ0) is 10.1. The van der Waals surface area contributed by atoms with E-state index in [2.05, 4.69) is 20.9 Å². The monoisotopic (exact) mass is 254 g/mol. The molecule has 0 saturated heterocycles. The molecule has 2 rings (SSSR count). The van der Waals surface area contributed by atoms with Crippen molar-refractivity contribution in [3.05, 3.63) is 28.6 Å². The van der Waals surface area contributed by atoms with Gasteiger partial charge in [0.05, 0.1) is 0 Å². The molecule has 0 aliphatic carbocycles. The molecule has 0 aliphatic heterocycles. The van der Waals surface area contributed by atoms with Crippen LogP contribution in [0.2, 0.25) is 0 Å². The average molecular weight is 255 g/mol. The van der Waals surface area contributed by atoms with Crippen LogP contribution in [0.5, 0.6) is 0 Å². The summed E-state index contributed by atoms with van der Waals surface area (Å²) in [5, 5.41) is 0. The number of oxazole rings is 1. The third kappa shape index (κ3) is 1.81. The Morgan fingerprint density at radius 2 is 2.36 bits per heavy atom. The van der Waals surface area contributed by atoms with Crippen LogP contribution < -0.4 is 5.73 Å². The highest BCUT2D eigenvalue weighted by Crippen LogP contribution is 2.24. The van der Waals surface area contributed by atoms with Gasteiger partial charge in [0.2, 0.25) is 0 Å². The Kier molecular flexibility index (Phi) is 2.56. The second kappa shape index (κ2) is 3.71. The largest absolute Gasteiger partial charge is 0.443 e. The first kappa shape index (κ1) is 9.68. The minimum Gasteiger partial charge on any atom is -0.443 e. The van der Waals surface area contributed by atoms with E-state index in [1.54, 1.807) is 0 Å². The molecular weight excluding hydrogens is 244 g/mol. The van der Waals surface area contributed by atoms with E-state index in [0.29, 0.717) is 0 Å². The van der Waals surface area contributed by atoms with Gasteiger partial charge in [-0.2, -0.15) is 0 Å². The van der Waals surface area contributed by atoms with Crippen molar-refractivity contribution < 1.29 is 4.42 Å². The van der Waals surface area contributed by atoms with Crippen molar-refractivity contribution in [1.82, 2.24) is 4.98 Å². The third-order valence-electron chi connectivity index (χ3n) is 2.04. The molecule has 3 nitrogen and oxygen atoms in total. The average Bonchev–Trinajstić information content (AvgIpc) is 2.51. The zero-order valence-electron chi connectivity index (χ0n) is 7.83. The maximum Gasteiger partial charge on any atom is 0.181 e. The molecular formula is C10H11BrN2O. The quantitative estimate of drug-likeness (QED) is 0.896. The first-order valence-electron chi connectivity index (χ1n) is 4.44. The van der Waals surface area contributed by atoms with Crippen LogP contribution in [0, 0.1) is 0 Å². The van der Waals surface area contributed by atoms with Crippen LogP contribution in [0.15, 0.2) is 27.4 Å². The Hall–Kier alpha value is -0.870. The van der Waals surface area contributed by atoms with Crippen LogP contribution in [-0.4, -0.2) is 11.0 Å². The van der Waals surface area contributed by atoms with Gasteiger partial charge in [0, 0.05) is 10.5 Å². The maximum atomic E-state index is 5.75. The van der Waals surface area contributed by atoms with E-state index in [4.69, 9.17) is 10.2 Å². The molecule has 1 heterocycles. The summed E-state index contributed by atoms with van der Waals surface area (Å²) < 4.78 is 6.21. The summed E-state index contributed by atoms with van der Waals surface area (Å²) in [6.07, 6.45) is 2.29. The molecule has 1 aromatic carbocycles. The molecule has 0 spiro atoms. The Labute approximate surface area is 90.4 Å². The van der Waals surface area contributed by atoms with Crippen molar-refractivity contribution in [2.24, 2.45) is 5.73 Å². The summed E-state index contributed by atoms with van der Waals surface area (Å²) in [4.78, 5) is 4.10. The zero-order valence-corrected chi connectivity index (χ0v) is 9.41. The van der Waals surface area contributed by atoms with Gasteiger partial charge >= 0.3 is 0 Å². The number of aromatic nitrogens is 1. The number of nitrogens with two attached hydrogens (primary N) is 1. The molecule has 4 heteroatoms. The summed E-state index contributed by atoms with van der Waals surface area (Å²) in [6.45, 7) is 1.99. The fraction of sp³-hybridized carbons (Fsp3) is 0.300. The van der Waals surface area contributed by atoms with E-state index >= 15 is 0 Å². The van der Waals surface area contributed by atoms with Crippen LogP contribution in [-0.2, 0) is 6.42 Å². The Morgan fingerprint density at radius 3 is 3.07 bits per heavy atom. The molecule has 74 valence electrons. The van der Waals surface area contributed by atoms with Gasteiger partial charge in [-0.1, -0.05) is 15.9 Å². The highest BCUT2D eigenvalue weighted by Gasteiger charge is 2.07. The van der Waals surface area contributed by atoms with Gasteiger partial charge in [0.15, 0.2) is 12.0 Å². The van der Waals surface area contributed by atoms with Crippen LogP contribution in [0.25, 0.3) is 11.1 Å². The highest BCUT2D eigenvalue weighted by atomic mass is 79.9. The summed E-state index contributed by atoms with van der Waals surface area (Å²) in [7, 11) is 0. The molecule has 1 unspecified atom stereocenters. The number of hydrogen-bond donors (Lipinski definition) is 1. The summed E-state index contributed by atoms with van der Waals surface area (Å²) >= 11 is 3.49. The second-order valence-corrected chi connectivity index (χ2v) is 4.30. The first-order chi connectivity index (χ1) is 6.66. The molecule has 0 fully saturated rings. The topological polar surface area (TPSA) is 52.0 Å². The molecule has 0 saturated carbocycles. The minimum absolute atomic E-state index is 0.149. The lowest BCUT2D eigenvalue weighted by molar-refractivity contribution is 0.602. The van der Waals surface area contributed by atoms with Crippen LogP contribution in [0.3, 0.4) is 0 Å². The lowest BCUT2D eigenvalue weighted by atomic mass is 10.1. The molecule has 0 radical (unpaired) electrons. The van der Waals surface area contributed by atoms with Crippen molar-refractivity contribution in [3.8, 4) is 0 Å². The van der Waals surface area contributed by atoms with E-state index in [1.165, 1.54) is 12.0 Å². The van der Waals surface area contributed by atoms with Crippen molar-refractivity contribution in [2.75, 3.05) is 0 Å². The molecule has 1 aromatic heterocycles. The predicted molar refractivity (Wildman–Crippen MR) is 59.1 cm³/mol. The lowest BCUT2D eigenvalue weighted by Gasteiger charge is -2.06. The van der Waals surface area contributed by atoms with Crippen molar-refractivity contribution >= 4 is 27.0 Å². The van der Waals surface area contributed by atoms with Crippen LogP contribution >= 0.6 is 15.9 Å². The molecule has 14 heavy (non-hydrogen) atoms. The fourth-order valence-corrected chi connectivity index (χ4v) is 1.91. The molecule has 0 bridgehead atoms. The Bertz CT molecular complexity index is 450. The van der Waals surface area contributed by atoms with Crippen LogP contribution in [0.4, 0.5) is 0 Å². The normalized spacial score (nSPS) is 13.4. The highest BCUT2D eigenvalue weighted by molar-refractivity contribution is 9.10. The summed E-state index contributed by atoms with van der Waals surface area (Å²) in [6, 6.07) is 4.09.